The quantitative estimate of drug-likeness (QED) is 0.173. The Morgan fingerprint density at radius 2 is 0.961 bits per heavy atom. The van der Waals surface area contributed by atoms with Gasteiger partial charge in [0.05, 0.1) is 0 Å². The Morgan fingerprint density at radius 3 is 1.80 bits per heavy atom. The number of fused-ring (bicyclic) bond motifs is 6. The highest BCUT2D eigenvalue weighted by atomic mass is 16.3. The van der Waals surface area contributed by atoms with E-state index in [2.05, 4.69) is 97.1 Å². The predicted octanol–water partition coefficient (Wildman–Crippen LogP) is 11.8. The molecule has 0 aliphatic carbocycles. The van der Waals surface area contributed by atoms with Crippen molar-refractivity contribution in [2.75, 3.05) is 0 Å². The maximum absolute atomic E-state index is 6.54. The molecule has 0 unspecified atom stereocenters. The number of rotatable bonds is 5. The molecule has 0 atom stereocenters. The van der Waals surface area contributed by atoms with Gasteiger partial charge >= 0.3 is 0 Å². The fraction of sp³-hybridized carbons (Fsp3) is 0. The first-order valence-electron chi connectivity index (χ1n) is 17.0. The molecule has 10 rings (SSSR count). The lowest BCUT2D eigenvalue weighted by Crippen LogP contribution is -2.01. The fourth-order valence-electron chi connectivity index (χ4n) is 7.09. The maximum atomic E-state index is 6.54. The predicted molar refractivity (Wildman–Crippen MR) is 207 cm³/mol. The third kappa shape index (κ3) is 5.03. The molecule has 2 heterocycles. The summed E-state index contributed by atoms with van der Waals surface area (Å²) < 4.78 is 6.54. The molecule has 0 saturated carbocycles. The number of hydrogen-bond donors (Lipinski definition) is 0. The molecule has 0 N–H and O–H groups in total. The fourth-order valence-corrected chi connectivity index (χ4v) is 7.09. The van der Waals surface area contributed by atoms with Crippen LogP contribution in [0.1, 0.15) is 0 Å². The van der Waals surface area contributed by atoms with Crippen LogP contribution in [0.25, 0.3) is 100 Å². The Kier molecular flexibility index (Phi) is 6.74. The van der Waals surface area contributed by atoms with Gasteiger partial charge in [-0.2, -0.15) is 0 Å². The van der Waals surface area contributed by atoms with Crippen molar-refractivity contribution in [1.82, 2.24) is 19.9 Å². The van der Waals surface area contributed by atoms with E-state index in [1.807, 2.05) is 72.8 Å². The molecule has 2 aromatic heterocycles. The topological polar surface area (TPSA) is 64.7 Å². The van der Waals surface area contributed by atoms with E-state index in [0.717, 1.165) is 60.6 Å². The van der Waals surface area contributed by atoms with Gasteiger partial charge in [-0.05, 0) is 62.3 Å². The zero-order valence-corrected chi connectivity index (χ0v) is 27.4. The summed E-state index contributed by atoms with van der Waals surface area (Å²) in [7, 11) is 0. The maximum Gasteiger partial charge on any atom is 0.227 e. The van der Waals surface area contributed by atoms with Crippen molar-refractivity contribution in [3.8, 4) is 56.7 Å². The van der Waals surface area contributed by atoms with Gasteiger partial charge in [-0.1, -0.05) is 146 Å². The molecule has 0 bridgehead atoms. The van der Waals surface area contributed by atoms with E-state index in [-0.39, 0.29) is 0 Å². The van der Waals surface area contributed by atoms with Crippen molar-refractivity contribution >= 4 is 43.4 Å². The van der Waals surface area contributed by atoms with Crippen molar-refractivity contribution in [2.24, 2.45) is 0 Å². The van der Waals surface area contributed by atoms with Crippen molar-refractivity contribution in [3.05, 3.63) is 170 Å². The second-order valence-corrected chi connectivity index (χ2v) is 12.6. The SMILES string of the molecule is c1ccc(-c2nc(-c3ccc4c(ccc5ccccc54)c3)nc(-c3ccccc3-c3cccc4ccc5nc(-c6ccccc6)oc5c34)n2)cc1. The van der Waals surface area contributed by atoms with Crippen molar-refractivity contribution < 1.29 is 4.42 Å². The molecule has 10 aromatic rings. The van der Waals surface area contributed by atoms with Gasteiger partial charge in [0.15, 0.2) is 23.1 Å². The molecule has 5 nitrogen and oxygen atoms in total. The van der Waals surface area contributed by atoms with Crippen molar-refractivity contribution in [3.63, 3.8) is 0 Å². The van der Waals surface area contributed by atoms with Crippen molar-refractivity contribution in [1.29, 1.82) is 0 Å². The second-order valence-electron chi connectivity index (χ2n) is 12.6. The van der Waals surface area contributed by atoms with Gasteiger partial charge in [0, 0.05) is 27.6 Å². The molecule has 0 saturated heterocycles. The van der Waals surface area contributed by atoms with E-state index in [9.17, 15) is 0 Å². The standard InChI is InChI=1S/C46H28N4O/c1-3-13-31(14-4-1)43-48-44(34-24-26-36-33(28-34)23-22-29-12-7-8-18-35(29)36)50-45(49-43)39-20-10-9-19-37(39)38-21-11-17-30-25-27-40-42(41(30)38)51-46(47-40)32-15-5-2-6-16-32/h1-28H. The molecule has 238 valence electrons. The number of benzene rings is 8. The highest BCUT2D eigenvalue weighted by molar-refractivity contribution is 6.13. The summed E-state index contributed by atoms with van der Waals surface area (Å²) >= 11 is 0. The van der Waals surface area contributed by atoms with Crippen molar-refractivity contribution in [2.45, 2.75) is 0 Å². The zero-order chi connectivity index (χ0) is 33.7. The summed E-state index contributed by atoms with van der Waals surface area (Å²) in [5, 5.41) is 6.84. The summed E-state index contributed by atoms with van der Waals surface area (Å²) in [6.45, 7) is 0. The van der Waals surface area contributed by atoms with Gasteiger partial charge in [-0.15, -0.1) is 0 Å². The molecule has 0 aliphatic heterocycles. The summed E-state index contributed by atoms with van der Waals surface area (Å²) in [5.41, 5.74) is 7.27. The lowest BCUT2D eigenvalue weighted by atomic mass is 9.93. The monoisotopic (exact) mass is 652 g/mol. The highest BCUT2D eigenvalue weighted by Gasteiger charge is 2.20. The second kappa shape index (κ2) is 11.9. The minimum absolute atomic E-state index is 0.596. The lowest BCUT2D eigenvalue weighted by molar-refractivity contribution is 0.623. The van der Waals surface area contributed by atoms with E-state index >= 15 is 0 Å². The van der Waals surface area contributed by atoms with E-state index < -0.39 is 0 Å². The van der Waals surface area contributed by atoms with Gasteiger partial charge in [0.1, 0.15) is 5.52 Å². The number of hydrogen-bond acceptors (Lipinski definition) is 5. The van der Waals surface area contributed by atoms with Gasteiger partial charge in [0.2, 0.25) is 5.89 Å². The highest BCUT2D eigenvalue weighted by Crippen LogP contribution is 2.40. The van der Waals surface area contributed by atoms with Gasteiger partial charge in [-0.25, -0.2) is 19.9 Å². The van der Waals surface area contributed by atoms with E-state index in [1.165, 1.54) is 16.2 Å². The first-order chi connectivity index (χ1) is 25.3. The Hall–Kier alpha value is -6.98. The molecular weight excluding hydrogens is 625 g/mol. The van der Waals surface area contributed by atoms with Crippen LogP contribution in [0, 0.1) is 0 Å². The number of aromatic nitrogens is 4. The largest absolute Gasteiger partial charge is 0.435 e. The number of nitrogens with zero attached hydrogens (tertiary/aromatic N) is 4. The lowest BCUT2D eigenvalue weighted by Gasteiger charge is -2.14. The molecule has 0 fully saturated rings. The third-order valence-corrected chi connectivity index (χ3v) is 9.55. The van der Waals surface area contributed by atoms with E-state index in [0.29, 0.717) is 23.4 Å². The summed E-state index contributed by atoms with van der Waals surface area (Å²) in [6.07, 6.45) is 0. The molecule has 0 radical (unpaired) electrons. The minimum atomic E-state index is 0.596. The van der Waals surface area contributed by atoms with Crippen LogP contribution in [0.2, 0.25) is 0 Å². The van der Waals surface area contributed by atoms with Crippen LogP contribution in [-0.4, -0.2) is 19.9 Å². The average Bonchev–Trinajstić information content (AvgIpc) is 3.66. The summed E-state index contributed by atoms with van der Waals surface area (Å²) in [5.74, 6) is 2.43. The van der Waals surface area contributed by atoms with E-state index in [1.54, 1.807) is 0 Å². The smallest absolute Gasteiger partial charge is 0.227 e. The first-order valence-corrected chi connectivity index (χ1v) is 17.0. The Labute approximate surface area is 293 Å². The minimum Gasteiger partial charge on any atom is -0.435 e. The van der Waals surface area contributed by atoms with Crippen LogP contribution in [-0.2, 0) is 0 Å². The Bertz CT molecular complexity index is 2920. The molecule has 51 heavy (non-hydrogen) atoms. The van der Waals surface area contributed by atoms with Crippen LogP contribution in [0.5, 0.6) is 0 Å². The van der Waals surface area contributed by atoms with Gasteiger partial charge in [-0.3, -0.25) is 0 Å². The van der Waals surface area contributed by atoms with Crippen LogP contribution < -0.4 is 0 Å². The Morgan fingerprint density at radius 1 is 0.353 bits per heavy atom. The zero-order valence-electron chi connectivity index (χ0n) is 27.4. The third-order valence-electron chi connectivity index (χ3n) is 9.55. The molecule has 8 aromatic carbocycles. The Balaban J connectivity index is 1.18. The van der Waals surface area contributed by atoms with Crippen LogP contribution in [0.4, 0.5) is 0 Å². The molecule has 0 spiro atoms. The van der Waals surface area contributed by atoms with Crippen LogP contribution >= 0.6 is 0 Å². The summed E-state index contributed by atoms with van der Waals surface area (Å²) in [4.78, 5) is 20.2. The summed E-state index contributed by atoms with van der Waals surface area (Å²) in [6, 6.07) is 58.2. The van der Waals surface area contributed by atoms with E-state index in [4.69, 9.17) is 24.4 Å². The first kappa shape index (κ1) is 29.0. The van der Waals surface area contributed by atoms with Crippen LogP contribution in [0.15, 0.2) is 174 Å². The average molecular weight is 653 g/mol. The molecule has 0 amide bonds. The normalized spacial score (nSPS) is 11.5. The van der Waals surface area contributed by atoms with Gasteiger partial charge in [0.25, 0.3) is 0 Å². The molecule has 5 heteroatoms. The molecule has 0 aliphatic rings. The van der Waals surface area contributed by atoms with Crippen LogP contribution in [0.3, 0.4) is 0 Å². The molecular formula is C46H28N4O. The number of oxazole rings is 1. The van der Waals surface area contributed by atoms with Gasteiger partial charge < -0.3 is 4.42 Å².